The van der Waals surface area contributed by atoms with Crippen LogP contribution in [0.1, 0.15) is 16.0 Å². The van der Waals surface area contributed by atoms with Crippen LogP contribution in [0.4, 0.5) is 0 Å². The molecular formula is C5H8O3. The molecular weight excluding hydrogens is 108 g/mol. The lowest BCUT2D eigenvalue weighted by molar-refractivity contribution is -0.142. The molecule has 0 fully saturated rings. The Morgan fingerprint density at radius 3 is 2.38 bits per heavy atom. The van der Waals surface area contributed by atoms with Crippen LogP contribution in [0.25, 0.3) is 0 Å². The maximum absolute atomic E-state index is 10.5. The molecule has 3 heteroatoms. The summed E-state index contributed by atoms with van der Waals surface area (Å²) in [5.41, 5.74) is 0. The highest BCUT2D eigenvalue weighted by Crippen LogP contribution is 1.83. The standard InChI is InChI=1S/C5H8O3/c1-4(6)3-5(7)8-2/h3H2,1-2H3/i3D2. The van der Waals surface area contributed by atoms with Gasteiger partial charge in [0.15, 0.2) is 0 Å². The summed E-state index contributed by atoms with van der Waals surface area (Å²) in [4.78, 5) is 20.8. The third kappa shape index (κ3) is 3.33. The number of Topliss-reactive ketones (excluding diaryl/α,β-unsaturated/α-hetero) is 1. The highest BCUT2D eigenvalue weighted by molar-refractivity contribution is 5.93. The van der Waals surface area contributed by atoms with Crippen molar-refractivity contribution in [3.8, 4) is 0 Å². The number of carbonyl (C=O) groups excluding carboxylic acids is 2. The lowest BCUT2D eigenvalue weighted by Gasteiger charge is -1.90. The van der Waals surface area contributed by atoms with Gasteiger partial charge in [0.25, 0.3) is 0 Å². The van der Waals surface area contributed by atoms with E-state index in [2.05, 4.69) is 4.74 Å². The van der Waals surface area contributed by atoms with Gasteiger partial charge in [-0.3, -0.25) is 9.59 Å². The highest BCUT2D eigenvalue weighted by Gasteiger charge is 2.01. The number of ketones is 1. The molecule has 0 N–H and O–H groups in total. The fourth-order valence-corrected chi connectivity index (χ4v) is 0.195. The Labute approximate surface area is 50.4 Å². The summed E-state index contributed by atoms with van der Waals surface area (Å²) in [5.74, 6) is -2.00. The summed E-state index contributed by atoms with van der Waals surface area (Å²) < 4.78 is 17.7. The molecule has 0 amide bonds. The van der Waals surface area contributed by atoms with Crippen molar-refractivity contribution in [1.82, 2.24) is 0 Å². The molecule has 0 aliphatic carbocycles. The number of ether oxygens (including phenoxy) is 1. The SMILES string of the molecule is [2H]C([2H])(C(C)=O)C(=O)OC. The summed E-state index contributed by atoms with van der Waals surface area (Å²) >= 11 is 0. The largest absolute Gasteiger partial charge is 0.469 e. The van der Waals surface area contributed by atoms with E-state index in [4.69, 9.17) is 2.74 Å². The van der Waals surface area contributed by atoms with E-state index in [0.29, 0.717) is 0 Å². The van der Waals surface area contributed by atoms with Gasteiger partial charge in [-0.1, -0.05) is 0 Å². The second kappa shape index (κ2) is 3.18. The molecule has 0 aromatic rings. The summed E-state index contributed by atoms with van der Waals surface area (Å²) in [6.45, 7) is 0.997. The first-order valence-corrected chi connectivity index (χ1v) is 2.02. The number of rotatable bonds is 2. The maximum Gasteiger partial charge on any atom is 0.313 e. The van der Waals surface area contributed by atoms with Crippen LogP contribution in [0.2, 0.25) is 0 Å². The van der Waals surface area contributed by atoms with Crippen LogP contribution in [0.5, 0.6) is 0 Å². The van der Waals surface area contributed by atoms with Crippen LogP contribution in [0, 0.1) is 0 Å². The first kappa shape index (κ1) is 4.06. The zero-order chi connectivity index (χ0) is 8.36. The van der Waals surface area contributed by atoms with E-state index in [-0.39, 0.29) is 0 Å². The van der Waals surface area contributed by atoms with Crippen LogP contribution in [-0.4, -0.2) is 18.9 Å². The Bertz CT molecular complexity index is 164. The van der Waals surface area contributed by atoms with Crippen molar-refractivity contribution in [2.75, 3.05) is 7.11 Å². The minimum Gasteiger partial charge on any atom is -0.469 e. The van der Waals surface area contributed by atoms with Crippen LogP contribution < -0.4 is 0 Å². The highest BCUT2D eigenvalue weighted by atomic mass is 16.5. The van der Waals surface area contributed by atoms with E-state index in [1.807, 2.05) is 0 Å². The van der Waals surface area contributed by atoms with E-state index < -0.39 is 18.1 Å². The van der Waals surface area contributed by atoms with Crippen molar-refractivity contribution in [3.63, 3.8) is 0 Å². The Kier molecular flexibility index (Phi) is 1.62. The van der Waals surface area contributed by atoms with E-state index in [1.165, 1.54) is 0 Å². The van der Waals surface area contributed by atoms with Crippen molar-refractivity contribution in [2.24, 2.45) is 0 Å². The predicted molar refractivity (Wildman–Crippen MR) is 27.3 cm³/mol. The second-order valence-electron chi connectivity index (χ2n) is 1.17. The van der Waals surface area contributed by atoms with Crippen LogP contribution in [0.3, 0.4) is 0 Å². The zero-order valence-corrected chi connectivity index (χ0v) is 4.72. The van der Waals surface area contributed by atoms with Gasteiger partial charge >= 0.3 is 5.97 Å². The smallest absolute Gasteiger partial charge is 0.313 e. The van der Waals surface area contributed by atoms with Gasteiger partial charge in [-0.05, 0) is 6.92 Å². The third-order valence-corrected chi connectivity index (χ3v) is 0.463. The average molecular weight is 118 g/mol. The Hall–Kier alpha value is -0.860. The van der Waals surface area contributed by atoms with Crippen LogP contribution >= 0.6 is 0 Å². The zero-order valence-electron chi connectivity index (χ0n) is 6.72. The molecule has 0 rings (SSSR count). The first-order valence-electron chi connectivity index (χ1n) is 3.02. The predicted octanol–water partition coefficient (Wildman–Crippen LogP) is 0.138. The summed E-state index contributed by atoms with van der Waals surface area (Å²) in [6.07, 6.45) is -2.49. The van der Waals surface area contributed by atoms with E-state index >= 15 is 0 Å². The monoisotopic (exact) mass is 118 g/mol. The molecule has 0 atom stereocenters. The third-order valence-electron chi connectivity index (χ3n) is 0.463. The number of carbonyl (C=O) groups is 2. The minimum atomic E-state index is -2.49. The normalized spacial score (nSPS) is 13.8. The quantitative estimate of drug-likeness (QED) is 0.382. The Morgan fingerprint density at radius 2 is 2.25 bits per heavy atom. The fourth-order valence-electron chi connectivity index (χ4n) is 0.195. The van der Waals surface area contributed by atoms with Crippen molar-refractivity contribution < 1.29 is 17.1 Å². The van der Waals surface area contributed by atoms with Crippen LogP contribution in [0.15, 0.2) is 0 Å². The molecule has 0 aliphatic rings. The van der Waals surface area contributed by atoms with Crippen LogP contribution in [-0.2, 0) is 14.3 Å². The molecule has 0 bridgehead atoms. The van der Waals surface area contributed by atoms with E-state index in [9.17, 15) is 9.59 Å². The molecule has 46 valence electrons. The fraction of sp³-hybridized carbons (Fsp3) is 0.600. The van der Waals surface area contributed by atoms with Gasteiger partial charge in [0.05, 0.1) is 7.11 Å². The van der Waals surface area contributed by atoms with Crippen molar-refractivity contribution in [1.29, 1.82) is 0 Å². The van der Waals surface area contributed by atoms with Crippen molar-refractivity contribution in [3.05, 3.63) is 0 Å². The maximum atomic E-state index is 10.5. The van der Waals surface area contributed by atoms with Gasteiger partial charge in [0.2, 0.25) is 0 Å². The molecule has 0 saturated heterocycles. The van der Waals surface area contributed by atoms with E-state index in [1.54, 1.807) is 0 Å². The molecule has 0 spiro atoms. The minimum absolute atomic E-state index is 0.848. The van der Waals surface area contributed by atoms with Gasteiger partial charge in [-0.25, -0.2) is 0 Å². The molecule has 3 nitrogen and oxygen atoms in total. The molecule has 0 heterocycles. The van der Waals surface area contributed by atoms with Gasteiger partial charge in [-0.15, -0.1) is 0 Å². The topological polar surface area (TPSA) is 43.4 Å². The lowest BCUT2D eigenvalue weighted by Crippen LogP contribution is -2.05. The molecule has 0 unspecified atom stereocenters. The Morgan fingerprint density at radius 1 is 1.75 bits per heavy atom. The summed E-state index contributed by atoms with van der Waals surface area (Å²) in [7, 11) is 1.03. The number of hydrogen-bond donors (Lipinski definition) is 0. The number of esters is 1. The Balaban J connectivity index is 4.40. The summed E-state index contributed by atoms with van der Waals surface area (Å²) in [5, 5.41) is 0. The molecule has 0 aliphatic heterocycles. The molecule has 8 heavy (non-hydrogen) atoms. The van der Waals surface area contributed by atoms with Crippen molar-refractivity contribution >= 4 is 11.8 Å². The van der Waals surface area contributed by atoms with Gasteiger partial charge in [0, 0.05) is 2.74 Å². The van der Waals surface area contributed by atoms with Gasteiger partial charge in [-0.2, -0.15) is 0 Å². The second-order valence-corrected chi connectivity index (χ2v) is 1.17. The number of methoxy groups -OCH3 is 1. The molecule has 0 saturated carbocycles. The molecule has 0 aromatic heterocycles. The van der Waals surface area contributed by atoms with Gasteiger partial charge in [0.1, 0.15) is 12.2 Å². The summed E-state index contributed by atoms with van der Waals surface area (Å²) in [6, 6.07) is 0. The first-order chi connectivity index (χ1) is 4.42. The molecule has 0 aromatic carbocycles. The van der Waals surface area contributed by atoms with Crippen molar-refractivity contribution in [2.45, 2.75) is 13.3 Å². The van der Waals surface area contributed by atoms with Gasteiger partial charge < -0.3 is 4.74 Å². The lowest BCUT2D eigenvalue weighted by atomic mass is 10.3. The average Bonchev–Trinajstić information content (AvgIpc) is 1.86. The molecule has 0 radical (unpaired) electrons. The number of hydrogen-bond acceptors (Lipinski definition) is 3. The van der Waals surface area contributed by atoms with E-state index in [0.717, 1.165) is 14.0 Å².